The van der Waals surface area contributed by atoms with Crippen LogP contribution in [-0.4, -0.2) is 53.3 Å². The molecule has 0 fully saturated rings. The average Bonchev–Trinajstić information content (AvgIpc) is 3.26. The monoisotopic (exact) mass is 499 g/mol. The second-order valence-corrected chi connectivity index (χ2v) is 8.95. The van der Waals surface area contributed by atoms with Crippen molar-refractivity contribution in [1.82, 2.24) is 19.9 Å². The third-order valence-electron chi connectivity index (χ3n) is 5.96. The summed E-state index contributed by atoms with van der Waals surface area (Å²) in [4.78, 5) is 15.3. The number of aromatic nitrogens is 3. The zero-order chi connectivity index (χ0) is 25.8. The standard InChI is InChI=1S/C28H27F2N7/c1-37(2)15-7-14-31-27-20-9-4-6-11-24(20)34-28(35-27)26-21(19-8-3-5-10-23(19)33-26)17-32-36-25-13-12-18(29)16-22(25)30/h3-6,8-13,16-17,33,36H,7,14-15H2,1-2H3,(H,31,34,35)/b32-17+. The Morgan fingerprint density at radius 2 is 1.76 bits per heavy atom. The number of hydrazone groups is 1. The topological polar surface area (TPSA) is 81.2 Å². The van der Waals surface area contributed by atoms with E-state index in [0.717, 1.165) is 58.8 Å². The Hall–Kier alpha value is -4.37. The van der Waals surface area contributed by atoms with Gasteiger partial charge in [0.2, 0.25) is 0 Å². The summed E-state index contributed by atoms with van der Waals surface area (Å²) in [5, 5.41) is 9.57. The number of nitrogens with one attached hydrogen (secondary N) is 3. The largest absolute Gasteiger partial charge is 0.369 e. The molecule has 0 saturated carbocycles. The summed E-state index contributed by atoms with van der Waals surface area (Å²) in [6.07, 6.45) is 2.57. The van der Waals surface area contributed by atoms with E-state index in [1.54, 1.807) is 6.21 Å². The van der Waals surface area contributed by atoms with Crippen LogP contribution in [0.15, 0.2) is 71.8 Å². The van der Waals surface area contributed by atoms with Gasteiger partial charge in [0.25, 0.3) is 0 Å². The number of anilines is 2. The molecule has 0 amide bonds. The van der Waals surface area contributed by atoms with Gasteiger partial charge in [-0.25, -0.2) is 18.7 Å². The van der Waals surface area contributed by atoms with Crippen LogP contribution in [0.25, 0.3) is 33.3 Å². The summed E-state index contributed by atoms with van der Waals surface area (Å²) in [6.45, 7) is 1.74. The third kappa shape index (κ3) is 5.41. The Morgan fingerprint density at radius 3 is 2.57 bits per heavy atom. The number of hydrogen-bond donors (Lipinski definition) is 3. The predicted molar refractivity (Wildman–Crippen MR) is 146 cm³/mol. The van der Waals surface area contributed by atoms with Crippen LogP contribution in [0.4, 0.5) is 20.3 Å². The van der Waals surface area contributed by atoms with Crippen LogP contribution >= 0.6 is 0 Å². The number of aromatic amines is 1. The summed E-state index contributed by atoms with van der Waals surface area (Å²) in [5.41, 5.74) is 5.88. The molecule has 0 bridgehead atoms. The summed E-state index contributed by atoms with van der Waals surface area (Å²) in [5.74, 6) is -0.100. The molecule has 2 heterocycles. The molecule has 5 rings (SSSR count). The van der Waals surface area contributed by atoms with Gasteiger partial charge in [-0.3, -0.25) is 5.43 Å². The van der Waals surface area contributed by atoms with Gasteiger partial charge >= 0.3 is 0 Å². The van der Waals surface area contributed by atoms with Crippen molar-refractivity contribution in [2.24, 2.45) is 5.10 Å². The van der Waals surface area contributed by atoms with Crippen LogP contribution in [0.1, 0.15) is 12.0 Å². The van der Waals surface area contributed by atoms with Crippen molar-refractivity contribution in [3.05, 3.63) is 83.9 Å². The lowest BCUT2D eigenvalue weighted by atomic mass is 10.1. The quantitative estimate of drug-likeness (QED) is 0.134. The van der Waals surface area contributed by atoms with E-state index in [2.05, 4.69) is 39.8 Å². The highest BCUT2D eigenvalue weighted by Crippen LogP contribution is 2.30. The number of para-hydroxylation sites is 2. The maximum absolute atomic E-state index is 14.1. The minimum absolute atomic E-state index is 0.0743. The van der Waals surface area contributed by atoms with Gasteiger partial charge in [0, 0.05) is 34.5 Å². The van der Waals surface area contributed by atoms with E-state index in [4.69, 9.17) is 9.97 Å². The Balaban J connectivity index is 1.54. The Kier molecular flexibility index (Phi) is 7.04. The first-order valence-electron chi connectivity index (χ1n) is 12.0. The lowest BCUT2D eigenvalue weighted by molar-refractivity contribution is 0.405. The van der Waals surface area contributed by atoms with E-state index in [-0.39, 0.29) is 5.69 Å². The fourth-order valence-corrected chi connectivity index (χ4v) is 4.15. The molecule has 0 saturated heterocycles. The normalized spacial score (nSPS) is 11.7. The van der Waals surface area contributed by atoms with Gasteiger partial charge in [0.1, 0.15) is 11.6 Å². The molecule has 0 aliphatic carbocycles. The molecule has 2 aromatic heterocycles. The highest BCUT2D eigenvalue weighted by Gasteiger charge is 2.17. The molecule has 0 spiro atoms. The highest BCUT2D eigenvalue weighted by atomic mass is 19.1. The summed E-state index contributed by atoms with van der Waals surface area (Å²) >= 11 is 0. The van der Waals surface area contributed by atoms with E-state index in [1.165, 1.54) is 12.1 Å². The fourth-order valence-electron chi connectivity index (χ4n) is 4.15. The first-order chi connectivity index (χ1) is 18.0. The van der Waals surface area contributed by atoms with E-state index in [9.17, 15) is 8.78 Å². The molecule has 5 aromatic rings. The molecular weight excluding hydrogens is 472 g/mol. The van der Waals surface area contributed by atoms with Gasteiger partial charge in [-0.05, 0) is 57.4 Å². The molecule has 0 atom stereocenters. The van der Waals surface area contributed by atoms with Crippen molar-refractivity contribution >= 4 is 39.5 Å². The van der Waals surface area contributed by atoms with Gasteiger partial charge < -0.3 is 15.2 Å². The molecule has 3 aromatic carbocycles. The van der Waals surface area contributed by atoms with Crippen LogP contribution in [0.2, 0.25) is 0 Å². The molecule has 0 radical (unpaired) electrons. The van der Waals surface area contributed by atoms with Gasteiger partial charge in [-0.2, -0.15) is 5.10 Å². The smallest absolute Gasteiger partial charge is 0.179 e. The molecule has 188 valence electrons. The van der Waals surface area contributed by atoms with Crippen molar-refractivity contribution < 1.29 is 8.78 Å². The van der Waals surface area contributed by atoms with Crippen LogP contribution in [0.3, 0.4) is 0 Å². The SMILES string of the molecule is CN(C)CCCNc1nc(-c2[nH]c3ccccc3c2/C=N/Nc2ccc(F)cc2F)nc2ccccc12. The minimum atomic E-state index is -0.723. The van der Waals surface area contributed by atoms with Crippen LogP contribution in [0.5, 0.6) is 0 Å². The van der Waals surface area contributed by atoms with Crippen LogP contribution < -0.4 is 10.7 Å². The number of H-pyrrole nitrogens is 1. The molecule has 7 nitrogen and oxygen atoms in total. The third-order valence-corrected chi connectivity index (χ3v) is 5.96. The van der Waals surface area contributed by atoms with E-state index in [0.29, 0.717) is 11.5 Å². The molecule has 0 aliphatic heterocycles. The van der Waals surface area contributed by atoms with Crippen LogP contribution in [0, 0.1) is 11.6 Å². The van der Waals surface area contributed by atoms with E-state index >= 15 is 0 Å². The van der Waals surface area contributed by atoms with Crippen molar-refractivity contribution in [2.75, 3.05) is 37.9 Å². The molecule has 3 N–H and O–H groups in total. The van der Waals surface area contributed by atoms with E-state index < -0.39 is 11.6 Å². The lowest BCUT2D eigenvalue weighted by Crippen LogP contribution is -2.17. The summed E-state index contributed by atoms with van der Waals surface area (Å²) in [6, 6.07) is 19.0. The number of nitrogens with zero attached hydrogens (tertiary/aromatic N) is 4. The molecule has 0 aliphatic rings. The van der Waals surface area contributed by atoms with E-state index in [1.807, 2.05) is 48.5 Å². The van der Waals surface area contributed by atoms with Crippen molar-refractivity contribution in [1.29, 1.82) is 0 Å². The minimum Gasteiger partial charge on any atom is -0.369 e. The number of hydrogen-bond acceptors (Lipinski definition) is 6. The zero-order valence-corrected chi connectivity index (χ0v) is 20.6. The maximum Gasteiger partial charge on any atom is 0.179 e. The fraction of sp³-hybridized carbons (Fsp3) is 0.179. The molecular formula is C28H27F2N7. The number of halogens is 2. The van der Waals surface area contributed by atoms with Gasteiger partial charge in [-0.1, -0.05) is 30.3 Å². The van der Waals surface area contributed by atoms with Gasteiger partial charge in [0.05, 0.1) is 23.1 Å². The highest BCUT2D eigenvalue weighted by molar-refractivity contribution is 6.06. The maximum atomic E-state index is 14.1. The van der Waals surface area contributed by atoms with Crippen molar-refractivity contribution in [2.45, 2.75) is 6.42 Å². The summed E-state index contributed by atoms with van der Waals surface area (Å²) in [7, 11) is 4.10. The Bertz CT molecular complexity index is 1580. The first-order valence-corrected chi connectivity index (χ1v) is 12.0. The Morgan fingerprint density at radius 1 is 0.973 bits per heavy atom. The number of rotatable bonds is 9. The van der Waals surface area contributed by atoms with Gasteiger partial charge in [-0.15, -0.1) is 0 Å². The Labute approximate surface area is 213 Å². The molecule has 37 heavy (non-hydrogen) atoms. The second-order valence-electron chi connectivity index (χ2n) is 8.95. The van der Waals surface area contributed by atoms with Crippen molar-refractivity contribution in [3.63, 3.8) is 0 Å². The van der Waals surface area contributed by atoms with Crippen molar-refractivity contribution in [3.8, 4) is 11.5 Å². The zero-order valence-electron chi connectivity index (χ0n) is 20.6. The number of fused-ring (bicyclic) bond motifs is 2. The predicted octanol–water partition coefficient (Wildman–Crippen LogP) is 5.87. The number of benzene rings is 3. The van der Waals surface area contributed by atoms with Crippen LogP contribution in [-0.2, 0) is 0 Å². The second kappa shape index (κ2) is 10.7. The summed E-state index contributed by atoms with van der Waals surface area (Å²) < 4.78 is 27.3. The molecule has 0 unspecified atom stereocenters. The molecule has 9 heteroatoms. The first kappa shape index (κ1) is 24.3. The van der Waals surface area contributed by atoms with Gasteiger partial charge in [0.15, 0.2) is 11.6 Å². The lowest BCUT2D eigenvalue weighted by Gasteiger charge is -2.13. The average molecular weight is 500 g/mol.